The average molecular weight is 511 g/mol. The first-order chi connectivity index (χ1) is 15.7. The van der Waals surface area contributed by atoms with Gasteiger partial charge in [0.1, 0.15) is 5.82 Å². The number of aromatic nitrogens is 2. The lowest BCUT2D eigenvalue weighted by molar-refractivity contribution is 0.314. The molecule has 4 rings (SSSR count). The van der Waals surface area contributed by atoms with Crippen LogP contribution < -0.4 is 0 Å². The van der Waals surface area contributed by atoms with Crippen molar-refractivity contribution in [1.82, 2.24) is 18.6 Å². The van der Waals surface area contributed by atoms with Crippen LogP contribution in [0, 0.1) is 0 Å². The van der Waals surface area contributed by atoms with E-state index in [2.05, 4.69) is 9.97 Å². The van der Waals surface area contributed by atoms with Crippen molar-refractivity contribution < 1.29 is 16.8 Å². The number of piperidine rings is 1. The van der Waals surface area contributed by atoms with Crippen molar-refractivity contribution in [3.63, 3.8) is 0 Å². The van der Waals surface area contributed by atoms with E-state index < -0.39 is 20.0 Å². The minimum atomic E-state index is -3.71. The van der Waals surface area contributed by atoms with Gasteiger partial charge in [0.15, 0.2) is 0 Å². The van der Waals surface area contributed by atoms with Crippen LogP contribution in [0.25, 0.3) is 11.0 Å². The largest absolute Gasteiger partial charge is 0.342 e. The smallest absolute Gasteiger partial charge is 0.243 e. The van der Waals surface area contributed by atoms with Crippen molar-refractivity contribution in [1.29, 1.82) is 0 Å². The highest BCUT2D eigenvalue weighted by Gasteiger charge is 2.31. The number of imidazole rings is 1. The van der Waals surface area contributed by atoms with Gasteiger partial charge < -0.3 is 4.98 Å². The molecule has 0 amide bonds. The molecule has 0 saturated carbocycles. The summed E-state index contributed by atoms with van der Waals surface area (Å²) < 4.78 is 54.4. The maximum atomic E-state index is 13.1. The summed E-state index contributed by atoms with van der Waals surface area (Å²) in [5.74, 6) is 0.972. The maximum absolute atomic E-state index is 13.1. The number of fused-ring (bicyclic) bond motifs is 1. The predicted molar refractivity (Wildman–Crippen MR) is 128 cm³/mol. The van der Waals surface area contributed by atoms with Crippen molar-refractivity contribution in [2.45, 2.75) is 42.4 Å². The molecule has 178 valence electrons. The molecule has 3 aromatic rings. The second kappa shape index (κ2) is 9.34. The SMILES string of the molecule is CCN(CC)S(=O)(=O)c1ccc(S(=O)(=O)N2CCC(c3nc4ccc(Cl)cc4[nH]3)CC2)cc1. The molecule has 0 radical (unpaired) electrons. The molecule has 0 atom stereocenters. The zero-order chi connectivity index (χ0) is 23.8. The molecule has 0 spiro atoms. The van der Waals surface area contributed by atoms with E-state index in [9.17, 15) is 16.8 Å². The topological polar surface area (TPSA) is 103 Å². The van der Waals surface area contributed by atoms with Crippen LogP contribution in [0.15, 0.2) is 52.3 Å². The molecule has 1 fully saturated rings. The van der Waals surface area contributed by atoms with Gasteiger partial charge in [0.2, 0.25) is 20.0 Å². The standard InChI is InChI=1S/C22H27ClN4O4S2/c1-3-26(4-2)32(28,29)18-6-8-19(9-7-18)33(30,31)27-13-11-16(12-14-27)22-24-20-10-5-17(23)15-21(20)25-22/h5-10,15-16H,3-4,11-14H2,1-2H3,(H,24,25). The highest BCUT2D eigenvalue weighted by atomic mass is 35.5. The normalized spacial score (nSPS) is 16.6. The predicted octanol–water partition coefficient (Wildman–Crippen LogP) is 3.82. The van der Waals surface area contributed by atoms with E-state index in [1.54, 1.807) is 19.9 Å². The van der Waals surface area contributed by atoms with Crippen LogP contribution in [0.4, 0.5) is 0 Å². The molecule has 2 heterocycles. The highest BCUT2D eigenvalue weighted by molar-refractivity contribution is 7.89. The van der Waals surface area contributed by atoms with Gasteiger partial charge in [-0.05, 0) is 55.3 Å². The number of aromatic amines is 1. The van der Waals surface area contributed by atoms with E-state index in [-0.39, 0.29) is 15.7 Å². The Hall–Kier alpha value is -1.98. The Kier molecular flexibility index (Phi) is 6.84. The summed E-state index contributed by atoms with van der Waals surface area (Å²) in [4.78, 5) is 8.13. The molecule has 1 aromatic heterocycles. The van der Waals surface area contributed by atoms with Gasteiger partial charge in [-0.1, -0.05) is 25.4 Å². The molecule has 1 N–H and O–H groups in total. The molecule has 11 heteroatoms. The number of benzene rings is 2. The molecular formula is C22H27ClN4O4S2. The third-order valence-electron chi connectivity index (χ3n) is 6.11. The van der Waals surface area contributed by atoms with E-state index in [1.807, 2.05) is 12.1 Å². The van der Waals surface area contributed by atoms with Gasteiger partial charge in [-0.3, -0.25) is 0 Å². The van der Waals surface area contributed by atoms with Crippen LogP contribution in [0.2, 0.25) is 5.02 Å². The Morgan fingerprint density at radius 2 is 1.61 bits per heavy atom. The third-order valence-corrected chi connectivity index (χ3v) is 10.3. The van der Waals surface area contributed by atoms with Crippen molar-refractivity contribution in [3.05, 3.63) is 53.3 Å². The van der Waals surface area contributed by atoms with Crippen molar-refractivity contribution in [2.24, 2.45) is 0 Å². The average Bonchev–Trinajstić information content (AvgIpc) is 3.23. The molecule has 33 heavy (non-hydrogen) atoms. The third kappa shape index (κ3) is 4.67. The number of halogens is 1. The number of nitrogens with one attached hydrogen (secondary N) is 1. The van der Waals surface area contributed by atoms with E-state index >= 15 is 0 Å². The van der Waals surface area contributed by atoms with Crippen LogP contribution in [-0.2, 0) is 20.0 Å². The van der Waals surface area contributed by atoms with Crippen LogP contribution in [0.5, 0.6) is 0 Å². The Bertz CT molecular complexity index is 1340. The fourth-order valence-corrected chi connectivity index (χ4v) is 7.31. The molecule has 8 nitrogen and oxygen atoms in total. The van der Waals surface area contributed by atoms with Crippen molar-refractivity contribution in [2.75, 3.05) is 26.2 Å². The van der Waals surface area contributed by atoms with Crippen LogP contribution >= 0.6 is 11.6 Å². The number of rotatable bonds is 7. The highest BCUT2D eigenvalue weighted by Crippen LogP contribution is 2.31. The van der Waals surface area contributed by atoms with Gasteiger partial charge in [0, 0.05) is 37.1 Å². The molecule has 1 aliphatic rings. The summed E-state index contributed by atoms with van der Waals surface area (Å²) >= 11 is 6.05. The minimum absolute atomic E-state index is 0.0915. The summed E-state index contributed by atoms with van der Waals surface area (Å²) in [6.45, 7) is 4.97. The summed E-state index contributed by atoms with van der Waals surface area (Å²) in [7, 11) is -7.35. The lowest BCUT2D eigenvalue weighted by Crippen LogP contribution is -2.38. The Morgan fingerprint density at radius 1 is 1.00 bits per heavy atom. The number of nitrogens with zero attached hydrogens (tertiary/aromatic N) is 3. The fourth-order valence-electron chi connectivity index (χ4n) is 4.21. The molecule has 1 aliphatic heterocycles. The maximum Gasteiger partial charge on any atom is 0.243 e. The van der Waals surface area contributed by atoms with Gasteiger partial charge in [-0.15, -0.1) is 0 Å². The zero-order valence-corrected chi connectivity index (χ0v) is 20.9. The first-order valence-electron chi connectivity index (χ1n) is 10.9. The van der Waals surface area contributed by atoms with Gasteiger partial charge >= 0.3 is 0 Å². The quantitative estimate of drug-likeness (QED) is 0.520. The number of hydrogen-bond acceptors (Lipinski definition) is 5. The minimum Gasteiger partial charge on any atom is -0.342 e. The number of H-pyrrole nitrogens is 1. The van der Waals surface area contributed by atoms with E-state index in [4.69, 9.17) is 11.6 Å². The van der Waals surface area contributed by atoms with Gasteiger partial charge in [-0.2, -0.15) is 8.61 Å². The molecular weight excluding hydrogens is 484 g/mol. The van der Waals surface area contributed by atoms with Gasteiger partial charge in [0.25, 0.3) is 0 Å². The second-order valence-electron chi connectivity index (χ2n) is 8.02. The van der Waals surface area contributed by atoms with E-state index in [0.717, 1.165) is 16.9 Å². The number of sulfonamides is 2. The molecule has 0 aliphatic carbocycles. The number of hydrogen-bond donors (Lipinski definition) is 1. The first-order valence-corrected chi connectivity index (χ1v) is 14.2. The molecule has 2 aromatic carbocycles. The Labute approximate surface area is 199 Å². The summed E-state index contributed by atoms with van der Waals surface area (Å²) in [6, 6.07) is 11.0. The first kappa shape index (κ1) is 24.2. The van der Waals surface area contributed by atoms with Gasteiger partial charge in [-0.25, -0.2) is 21.8 Å². The van der Waals surface area contributed by atoms with E-state index in [0.29, 0.717) is 44.0 Å². The molecule has 1 saturated heterocycles. The monoisotopic (exact) mass is 510 g/mol. The van der Waals surface area contributed by atoms with Crippen molar-refractivity contribution in [3.8, 4) is 0 Å². The lowest BCUT2D eigenvalue weighted by Gasteiger charge is -2.30. The van der Waals surface area contributed by atoms with Crippen LogP contribution in [0.3, 0.4) is 0 Å². The zero-order valence-electron chi connectivity index (χ0n) is 18.5. The van der Waals surface area contributed by atoms with Crippen LogP contribution in [-0.4, -0.2) is 61.6 Å². The summed E-state index contributed by atoms with van der Waals surface area (Å²) in [6.07, 6.45) is 1.28. The van der Waals surface area contributed by atoms with Crippen LogP contribution in [0.1, 0.15) is 38.4 Å². The summed E-state index contributed by atoms with van der Waals surface area (Å²) in [5, 5.41) is 0.634. The Balaban J connectivity index is 1.47. The Morgan fingerprint density at radius 3 is 2.21 bits per heavy atom. The van der Waals surface area contributed by atoms with Crippen molar-refractivity contribution >= 4 is 42.7 Å². The lowest BCUT2D eigenvalue weighted by atomic mass is 9.97. The second-order valence-corrected chi connectivity index (χ2v) is 12.3. The molecule has 0 unspecified atom stereocenters. The summed E-state index contributed by atoms with van der Waals surface area (Å²) in [5.41, 5.74) is 1.71. The van der Waals surface area contributed by atoms with Gasteiger partial charge in [0.05, 0.1) is 20.8 Å². The van der Waals surface area contributed by atoms with E-state index in [1.165, 1.54) is 32.9 Å². The fraction of sp³-hybridized carbons (Fsp3) is 0.409. The molecule has 0 bridgehead atoms.